The maximum Gasteiger partial charge on any atom is 0.255 e. The van der Waals surface area contributed by atoms with Gasteiger partial charge in [-0.25, -0.2) is 8.78 Å². The quantitative estimate of drug-likeness (QED) is 0.833. The molecule has 0 aliphatic heterocycles. The SMILES string of the molecule is NC(=O)[C@H](Cc1ccc(Br)cc1)NC(=O)c1cccc(F)c1F. The molecular weight excluding hydrogens is 370 g/mol. The van der Waals surface area contributed by atoms with Gasteiger partial charge in [0.25, 0.3) is 5.91 Å². The normalized spacial score (nSPS) is 11.8. The largest absolute Gasteiger partial charge is 0.368 e. The van der Waals surface area contributed by atoms with Crippen molar-refractivity contribution in [3.05, 3.63) is 69.7 Å². The summed E-state index contributed by atoms with van der Waals surface area (Å²) in [5, 5.41) is 2.33. The van der Waals surface area contributed by atoms with Crippen LogP contribution in [0.4, 0.5) is 8.78 Å². The van der Waals surface area contributed by atoms with Crippen LogP contribution in [-0.2, 0) is 11.2 Å². The number of hydrogen-bond donors (Lipinski definition) is 2. The molecule has 3 N–H and O–H groups in total. The smallest absolute Gasteiger partial charge is 0.255 e. The zero-order valence-corrected chi connectivity index (χ0v) is 13.4. The van der Waals surface area contributed by atoms with Gasteiger partial charge in [-0.2, -0.15) is 0 Å². The van der Waals surface area contributed by atoms with E-state index >= 15 is 0 Å². The molecule has 0 bridgehead atoms. The third-order valence-electron chi connectivity index (χ3n) is 3.20. The van der Waals surface area contributed by atoms with Gasteiger partial charge in [0.1, 0.15) is 6.04 Å². The topological polar surface area (TPSA) is 72.2 Å². The van der Waals surface area contributed by atoms with E-state index in [2.05, 4.69) is 21.2 Å². The number of rotatable bonds is 5. The molecule has 0 aliphatic rings. The first-order valence-corrected chi connectivity index (χ1v) is 7.46. The van der Waals surface area contributed by atoms with Crippen molar-refractivity contribution in [2.75, 3.05) is 0 Å². The number of halogens is 3. The molecule has 120 valence electrons. The summed E-state index contributed by atoms with van der Waals surface area (Å²) in [4.78, 5) is 23.6. The molecule has 2 aromatic rings. The van der Waals surface area contributed by atoms with Crippen LogP contribution in [0.25, 0.3) is 0 Å². The maximum absolute atomic E-state index is 13.6. The van der Waals surface area contributed by atoms with Crippen LogP contribution in [0.3, 0.4) is 0 Å². The predicted octanol–water partition coefficient (Wildman–Crippen LogP) is 2.55. The average Bonchev–Trinajstić information content (AvgIpc) is 2.51. The fourth-order valence-corrected chi connectivity index (χ4v) is 2.26. The molecule has 2 aromatic carbocycles. The highest BCUT2D eigenvalue weighted by molar-refractivity contribution is 9.10. The Hall–Kier alpha value is -2.28. The van der Waals surface area contributed by atoms with Crippen LogP contribution >= 0.6 is 15.9 Å². The molecule has 7 heteroatoms. The van der Waals surface area contributed by atoms with E-state index in [1.165, 1.54) is 6.07 Å². The molecule has 23 heavy (non-hydrogen) atoms. The van der Waals surface area contributed by atoms with Crippen molar-refractivity contribution < 1.29 is 18.4 Å². The Morgan fingerprint density at radius 1 is 1.13 bits per heavy atom. The van der Waals surface area contributed by atoms with E-state index in [-0.39, 0.29) is 6.42 Å². The van der Waals surface area contributed by atoms with Crippen molar-refractivity contribution in [3.63, 3.8) is 0 Å². The second kappa shape index (κ2) is 7.32. The van der Waals surface area contributed by atoms with Crippen LogP contribution < -0.4 is 11.1 Å². The number of carbonyl (C=O) groups excluding carboxylic acids is 2. The van der Waals surface area contributed by atoms with Gasteiger partial charge in [-0.1, -0.05) is 34.1 Å². The number of nitrogens with one attached hydrogen (secondary N) is 1. The van der Waals surface area contributed by atoms with E-state index in [4.69, 9.17) is 5.73 Å². The summed E-state index contributed by atoms with van der Waals surface area (Å²) in [5.41, 5.74) is 5.56. The van der Waals surface area contributed by atoms with Crippen molar-refractivity contribution in [2.45, 2.75) is 12.5 Å². The summed E-state index contributed by atoms with van der Waals surface area (Å²) < 4.78 is 27.7. The van der Waals surface area contributed by atoms with Gasteiger partial charge in [0.2, 0.25) is 5.91 Å². The number of amides is 2. The molecule has 1 atom stereocenters. The molecule has 0 aliphatic carbocycles. The highest BCUT2D eigenvalue weighted by Gasteiger charge is 2.22. The zero-order valence-electron chi connectivity index (χ0n) is 11.9. The minimum Gasteiger partial charge on any atom is -0.368 e. The Kier molecular flexibility index (Phi) is 5.44. The molecule has 0 saturated carbocycles. The lowest BCUT2D eigenvalue weighted by molar-refractivity contribution is -0.119. The molecule has 0 fully saturated rings. The lowest BCUT2D eigenvalue weighted by Gasteiger charge is -2.16. The minimum atomic E-state index is -1.27. The Bertz CT molecular complexity index is 735. The Labute approximate surface area is 139 Å². The van der Waals surface area contributed by atoms with Crippen molar-refractivity contribution in [3.8, 4) is 0 Å². The minimum absolute atomic E-state index is 0.144. The fourth-order valence-electron chi connectivity index (χ4n) is 1.99. The molecule has 4 nitrogen and oxygen atoms in total. The highest BCUT2D eigenvalue weighted by Crippen LogP contribution is 2.14. The summed E-state index contributed by atoms with van der Waals surface area (Å²) in [6.45, 7) is 0. The van der Waals surface area contributed by atoms with Crippen molar-refractivity contribution in [1.82, 2.24) is 5.32 Å². The number of benzene rings is 2. The fraction of sp³-hybridized carbons (Fsp3) is 0.125. The van der Waals surface area contributed by atoms with Gasteiger partial charge in [-0.3, -0.25) is 9.59 Å². The predicted molar refractivity (Wildman–Crippen MR) is 84.7 cm³/mol. The van der Waals surface area contributed by atoms with Crippen LogP contribution in [0, 0.1) is 11.6 Å². The molecule has 0 radical (unpaired) electrons. The average molecular weight is 383 g/mol. The third-order valence-corrected chi connectivity index (χ3v) is 3.73. The van der Waals surface area contributed by atoms with E-state index in [1.807, 2.05) is 0 Å². The van der Waals surface area contributed by atoms with Gasteiger partial charge in [0.15, 0.2) is 11.6 Å². The van der Waals surface area contributed by atoms with E-state index in [1.54, 1.807) is 24.3 Å². The van der Waals surface area contributed by atoms with Crippen LogP contribution in [-0.4, -0.2) is 17.9 Å². The molecule has 2 rings (SSSR count). The number of hydrogen-bond acceptors (Lipinski definition) is 2. The van der Waals surface area contributed by atoms with Gasteiger partial charge in [0, 0.05) is 10.9 Å². The van der Waals surface area contributed by atoms with Crippen molar-refractivity contribution in [1.29, 1.82) is 0 Å². The monoisotopic (exact) mass is 382 g/mol. The molecule has 0 saturated heterocycles. The summed E-state index contributed by atoms with van der Waals surface area (Å²) in [5.74, 6) is -4.07. The molecule has 0 spiro atoms. The van der Waals surface area contributed by atoms with Gasteiger partial charge in [-0.15, -0.1) is 0 Å². The summed E-state index contributed by atoms with van der Waals surface area (Å²) in [7, 11) is 0. The van der Waals surface area contributed by atoms with E-state index < -0.39 is 35.1 Å². The lowest BCUT2D eigenvalue weighted by atomic mass is 10.0. The first-order chi connectivity index (χ1) is 10.9. The Morgan fingerprint density at radius 2 is 1.78 bits per heavy atom. The molecular formula is C16H13BrF2N2O2. The highest BCUT2D eigenvalue weighted by atomic mass is 79.9. The first kappa shape index (κ1) is 17.1. The maximum atomic E-state index is 13.6. The van der Waals surface area contributed by atoms with Crippen molar-refractivity contribution in [2.24, 2.45) is 5.73 Å². The Balaban J connectivity index is 2.16. The number of nitrogens with two attached hydrogens (primary N) is 1. The number of carbonyl (C=O) groups is 2. The summed E-state index contributed by atoms with van der Waals surface area (Å²) in [6, 6.07) is 9.28. The molecule has 0 heterocycles. The lowest BCUT2D eigenvalue weighted by Crippen LogP contribution is -2.46. The van der Waals surface area contributed by atoms with E-state index in [0.717, 1.165) is 22.2 Å². The first-order valence-electron chi connectivity index (χ1n) is 6.67. The second-order valence-electron chi connectivity index (χ2n) is 4.86. The third kappa shape index (κ3) is 4.35. The molecule has 0 unspecified atom stereocenters. The van der Waals surface area contributed by atoms with Crippen LogP contribution in [0.15, 0.2) is 46.9 Å². The van der Waals surface area contributed by atoms with Crippen LogP contribution in [0.1, 0.15) is 15.9 Å². The van der Waals surface area contributed by atoms with Crippen LogP contribution in [0.2, 0.25) is 0 Å². The van der Waals surface area contributed by atoms with E-state index in [9.17, 15) is 18.4 Å². The summed E-state index contributed by atoms with van der Waals surface area (Å²) in [6.07, 6.45) is 0.144. The van der Waals surface area contributed by atoms with Gasteiger partial charge in [-0.05, 0) is 29.8 Å². The second-order valence-corrected chi connectivity index (χ2v) is 5.78. The summed E-state index contributed by atoms with van der Waals surface area (Å²) >= 11 is 3.29. The Morgan fingerprint density at radius 3 is 2.39 bits per heavy atom. The van der Waals surface area contributed by atoms with Crippen molar-refractivity contribution >= 4 is 27.7 Å². The van der Waals surface area contributed by atoms with Crippen LogP contribution in [0.5, 0.6) is 0 Å². The van der Waals surface area contributed by atoms with Gasteiger partial charge >= 0.3 is 0 Å². The van der Waals surface area contributed by atoms with E-state index in [0.29, 0.717) is 0 Å². The molecule has 2 amide bonds. The standard InChI is InChI=1S/C16H13BrF2N2O2/c17-10-6-4-9(5-7-10)8-13(15(20)22)21-16(23)11-2-1-3-12(18)14(11)19/h1-7,13H,8H2,(H2,20,22)(H,21,23)/t13-/m0/s1. The zero-order chi connectivity index (χ0) is 17.0. The number of primary amides is 1. The van der Waals surface area contributed by atoms with Gasteiger partial charge in [0.05, 0.1) is 5.56 Å². The molecule has 0 aromatic heterocycles. The van der Waals surface area contributed by atoms with Gasteiger partial charge < -0.3 is 11.1 Å².